The van der Waals surface area contributed by atoms with Crippen molar-refractivity contribution in [3.63, 3.8) is 0 Å². The Bertz CT molecular complexity index is 348. The van der Waals surface area contributed by atoms with Crippen LogP contribution in [0.15, 0.2) is 0 Å². The molecule has 0 N–H and O–H groups in total. The predicted molar refractivity (Wildman–Crippen MR) is 66.9 cm³/mol. The van der Waals surface area contributed by atoms with Gasteiger partial charge in [0.2, 0.25) is 10.0 Å². The first-order valence-electron chi connectivity index (χ1n) is 5.84. The lowest BCUT2D eigenvalue weighted by atomic mass is 10.3. The third-order valence-electron chi connectivity index (χ3n) is 2.80. The molecule has 0 radical (unpaired) electrons. The van der Waals surface area contributed by atoms with E-state index in [1.807, 2.05) is 19.9 Å². The SMILES string of the molecule is CCC(C)N(CCOC)S(=O)(=O)C(C#N)CC. The topological polar surface area (TPSA) is 70.4 Å². The Kier molecular flexibility index (Phi) is 7.35. The minimum Gasteiger partial charge on any atom is -0.383 e. The second-order valence-corrected chi connectivity index (χ2v) is 6.00. The van der Waals surface area contributed by atoms with Crippen LogP contribution in [0.3, 0.4) is 0 Å². The number of hydrogen-bond donors (Lipinski definition) is 0. The molecule has 0 aliphatic heterocycles. The van der Waals surface area contributed by atoms with Gasteiger partial charge in [-0.05, 0) is 19.8 Å². The molecule has 0 spiro atoms. The van der Waals surface area contributed by atoms with E-state index in [4.69, 9.17) is 10.00 Å². The molecular weight excluding hydrogens is 240 g/mol. The molecular formula is C11H22N2O3S. The van der Waals surface area contributed by atoms with Crippen molar-refractivity contribution in [2.24, 2.45) is 0 Å². The van der Waals surface area contributed by atoms with Crippen molar-refractivity contribution in [2.45, 2.75) is 44.9 Å². The first kappa shape index (κ1) is 16.4. The molecule has 0 rings (SSSR count). The van der Waals surface area contributed by atoms with Crippen LogP contribution in [0.4, 0.5) is 0 Å². The van der Waals surface area contributed by atoms with E-state index in [2.05, 4.69) is 0 Å². The van der Waals surface area contributed by atoms with Gasteiger partial charge in [-0.15, -0.1) is 0 Å². The molecule has 2 unspecified atom stereocenters. The fraction of sp³-hybridized carbons (Fsp3) is 0.909. The van der Waals surface area contributed by atoms with Gasteiger partial charge in [0.1, 0.15) is 0 Å². The average molecular weight is 262 g/mol. The molecule has 0 saturated carbocycles. The maximum atomic E-state index is 12.2. The summed E-state index contributed by atoms with van der Waals surface area (Å²) in [5.74, 6) is 0. The molecule has 2 atom stereocenters. The van der Waals surface area contributed by atoms with Crippen molar-refractivity contribution in [2.75, 3.05) is 20.3 Å². The van der Waals surface area contributed by atoms with E-state index in [0.717, 1.165) is 0 Å². The minimum atomic E-state index is -3.55. The standard InChI is InChI=1S/C11H22N2O3S/c1-5-10(3)13(7-8-16-4)17(14,15)11(6-2)9-12/h10-11H,5-8H2,1-4H3. The Labute approximate surface area is 104 Å². The van der Waals surface area contributed by atoms with E-state index in [1.165, 1.54) is 11.4 Å². The maximum absolute atomic E-state index is 12.2. The van der Waals surface area contributed by atoms with Gasteiger partial charge in [-0.3, -0.25) is 0 Å². The van der Waals surface area contributed by atoms with Gasteiger partial charge in [-0.25, -0.2) is 8.42 Å². The van der Waals surface area contributed by atoms with Crippen molar-refractivity contribution in [3.8, 4) is 6.07 Å². The van der Waals surface area contributed by atoms with Crippen LogP contribution in [0.2, 0.25) is 0 Å². The number of ether oxygens (including phenoxy) is 1. The first-order valence-corrected chi connectivity index (χ1v) is 7.35. The van der Waals surface area contributed by atoms with Crippen molar-refractivity contribution in [1.82, 2.24) is 4.31 Å². The largest absolute Gasteiger partial charge is 0.383 e. The summed E-state index contributed by atoms with van der Waals surface area (Å²) < 4.78 is 30.8. The molecule has 0 saturated heterocycles. The molecule has 0 aromatic carbocycles. The molecule has 0 aromatic heterocycles. The third-order valence-corrected chi connectivity index (χ3v) is 5.15. The van der Waals surface area contributed by atoms with E-state index in [9.17, 15) is 8.42 Å². The highest BCUT2D eigenvalue weighted by atomic mass is 32.2. The van der Waals surface area contributed by atoms with Crippen molar-refractivity contribution >= 4 is 10.0 Å². The van der Waals surface area contributed by atoms with Crippen LogP contribution in [-0.2, 0) is 14.8 Å². The predicted octanol–water partition coefficient (Wildman–Crippen LogP) is 1.37. The van der Waals surface area contributed by atoms with E-state index < -0.39 is 15.3 Å². The van der Waals surface area contributed by atoms with E-state index in [1.54, 1.807) is 6.92 Å². The molecule has 0 aromatic rings. The van der Waals surface area contributed by atoms with E-state index in [0.29, 0.717) is 26.0 Å². The summed E-state index contributed by atoms with van der Waals surface area (Å²) in [5.41, 5.74) is 0. The van der Waals surface area contributed by atoms with Gasteiger partial charge >= 0.3 is 0 Å². The van der Waals surface area contributed by atoms with Crippen LogP contribution in [0.1, 0.15) is 33.6 Å². The summed E-state index contributed by atoms with van der Waals surface area (Å²) in [6, 6.07) is 1.74. The lowest BCUT2D eigenvalue weighted by molar-refractivity contribution is 0.167. The minimum absolute atomic E-state index is 0.113. The number of hydrogen-bond acceptors (Lipinski definition) is 4. The van der Waals surface area contributed by atoms with Crippen LogP contribution in [0.5, 0.6) is 0 Å². The smallest absolute Gasteiger partial charge is 0.230 e. The number of sulfonamides is 1. The summed E-state index contributed by atoms with van der Waals surface area (Å²) in [4.78, 5) is 0. The average Bonchev–Trinajstić information content (AvgIpc) is 2.30. The van der Waals surface area contributed by atoms with Crippen LogP contribution in [-0.4, -0.2) is 44.3 Å². The van der Waals surface area contributed by atoms with E-state index >= 15 is 0 Å². The Morgan fingerprint density at radius 1 is 1.35 bits per heavy atom. The Morgan fingerprint density at radius 3 is 2.29 bits per heavy atom. The lowest BCUT2D eigenvalue weighted by Gasteiger charge is -2.29. The summed E-state index contributed by atoms with van der Waals surface area (Å²) in [6.07, 6.45) is 1.02. The number of nitriles is 1. The number of methoxy groups -OCH3 is 1. The van der Waals surface area contributed by atoms with Crippen molar-refractivity contribution in [1.29, 1.82) is 5.26 Å². The van der Waals surface area contributed by atoms with Gasteiger partial charge in [-0.2, -0.15) is 9.57 Å². The summed E-state index contributed by atoms with van der Waals surface area (Å²) >= 11 is 0. The quantitative estimate of drug-likeness (QED) is 0.662. The Hall–Kier alpha value is -0.640. The highest BCUT2D eigenvalue weighted by molar-refractivity contribution is 7.90. The molecule has 0 heterocycles. The molecule has 0 aliphatic carbocycles. The molecule has 0 aliphatic rings. The third kappa shape index (κ3) is 4.26. The first-order chi connectivity index (χ1) is 7.95. The van der Waals surface area contributed by atoms with Gasteiger partial charge in [-0.1, -0.05) is 13.8 Å². The highest BCUT2D eigenvalue weighted by Gasteiger charge is 2.33. The van der Waals surface area contributed by atoms with Crippen LogP contribution < -0.4 is 0 Å². The Balaban J connectivity index is 5.08. The van der Waals surface area contributed by atoms with Crippen molar-refractivity contribution < 1.29 is 13.2 Å². The number of rotatable bonds is 8. The molecule has 100 valence electrons. The van der Waals surface area contributed by atoms with Crippen LogP contribution in [0, 0.1) is 11.3 Å². The second-order valence-electron chi connectivity index (χ2n) is 3.93. The summed E-state index contributed by atoms with van der Waals surface area (Å²) in [6.45, 7) is 6.11. The monoisotopic (exact) mass is 262 g/mol. The molecule has 0 amide bonds. The number of nitrogens with zero attached hydrogens (tertiary/aromatic N) is 2. The van der Waals surface area contributed by atoms with Crippen LogP contribution in [0.25, 0.3) is 0 Å². The normalized spacial score (nSPS) is 15.5. The van der Waals surface area contributed by atoms with Gasteiger partial charge in [0.05, 0.1) is 12.7 Å². The van der Waals surface area contributed by atoms with Gasteiger partial charge in [0, 0.05) is 19.7 Å². The Morgan fingerprint density at radius 2 is 1.94 bits per heavy atom. The lowest BCUT2D eigenvalue weighted by Crippen LogP contribution is -2.44. The molecule has 6 heteroatoms. The fourth-order valence-electron chi connectivity index (χ4n) is 1.52. The zero-order chi connectivity index (χ0) is 13.5. The zero-order valence-corrected chi connectivity index (χ0v) is 11.8. The zero-order valence-electron chi connectivity index (χ0n) is 11.0. The van der Waals surface area contributed by atoms with Gasteiger partial charge in [0.25, 0.3) is 0 Å². The molecule has 17 heavy (non-hydrogen) atoms. The molecule has 0 bridgehead atoms. The van der Waals surface area contributed by atoms with Gasteiger partial charge in [0.15, 0.2) is 5.25 Å². The van der Waals surface area contributed by atoms with E-state index in [-0.39, 0.29) is 6.04 Å². The maximum Gasteiger partial charge on any atom is 0.230 e. The fourth-order valence-corrected chi connectivity index (χ4v) is 3.38. The highest BCUT2D eigenvalue weighted by Crippen LogP contribution is 2.16. The second kappa shape index (κ2) is 7.64. The summed E-state index contributed by atoms with van der Waals surface area (Å²) in [7, 11) is -2.02. The van der Waals surface area contributed by atoms with Gasteiger partial charge < -0.3 is 4.74 Å². The summed E-state index contributed by atoms with van der Waals surface area (Å²) in [5, 5.41) is 7.94. The molecule has 0 fully saturated rings. The van der Waals surface area contributed by atoms with Crippen molar-refractivity contribution in [3.05, 3.63) is 0 Å². The van der Waals surface area contributed by atoms with Crippen LogP contribution >= 0.6 is 0 Å². The molecule has 5 nitrogen and oxygen atoms in total.